The van der Waals surface area contributed by atoms with Crippen molar-refractivity contribution >= 4 is 23.4 Å². The third-order valence-corrected chi connectivity index (χ3v) is 5.76. The Morgan fingerprint density at radius 3 is 2.36 bits per heavy atom. The molecule has 0 aliphatic rings. The molecule has 1 N–H and O–H groups in total. The molecular formula is C23H28N4O5S. The van der Waals surface area contributed by atoms with E-state index in [4.69, 9.17) is 18.9 Å². The SMILES string of the molecule is COCCn1c(SCC(=O)Nc2cccc(C)c2)nnc1-c1cc(OC)c(OC)c(OC)c1. The molecule has 2 aromatic carbocycles. The van der Waals surface area contributed by atoms with Crippen molar-refractivity contribution in [3.63, 3.8) is 0 Å². The number of aromatic nitrogens is 3. The molecule has 3 aromatic rings. The largest absolute Gasteiger partial charge is 0.493 e. The Morgan fingerprint density at radius 2 is 1.76 bits per heavy atom. The normalized spacial score (nSPS) is 10.7. The summed E-state index contributed by atoms with van der Waals surface area (Å²) in [4.78, 5) is 12.5. The smallest absolute Gasteiger partial charge is 0.234 e. The molecule has 3 rings (SSSR count). The van der Waals surface area contributed by atoms with Crippen molar-refractivity contribution in [1.29, 1.82) is 0 Å². The number of hydrogen-bond donors (Lipinski definition) is 1. The third-order valence-electron chi connectivity index (χ3n) is 4.79. The van der Waals surface area contributed by atoms with Crippen LogP contribution in [-0.4, -0.2) is 61.5 Å². The lowest BCUT2D eigenvalue weighted by molar-refractivity contribution is -0.113. The number of carbonyl (C=O) groups is 1. The van der Waals surface area contributed by atoms with Gasteiger partial charge in [-0.3, -0.25) is 9.36 Å². The number of anilines is 1. The minimum absolute atomic E-state index is 0.124. The van der Waals surface area contributed by atoms with Gasteiger partial charge in [-0.25, -0.2) is 0 Å². The maximum atomic E-state index is 12.5. The van der Waals surface area contributed by atoms with Gasteiger partial charge in [-0.1, -0.05) is 23.9 Å². The summed E-state index contributed by atoms with van der Waals surface area (Å²) < 4.78 is 23.5. The number of aryl methyl sites for hydroxylation is 1. The molecule has 0 aliphatic heterocycles. The van der Waals surface area contributed by atoms with Crippen molar-refractivity contribution in [2.45, 2.75) is 18.6 Å². The first-order valence-corrected chi connectivity index (χ1v) is 11.2. The maximum Gasteiger partial charge on any atom is 0.234 e. The van der Waals surface area contributed by atoms with Gasteiger partial charge >= 0.3 is 0 Å². The fourth-order valence-corrected chi connectivity index (χ4v) is 4.02. The van der Waals surface area contributed by atoms with E-state index in [1.54, 1.807) is 28.4 Å². The van der Waals surface area contributed by atoms with Crippen molar-refractivity contribution in [3.8, 4) is 28.6 Å². The van der Waals surface area contributed by atoms with Crippen LogP contribution in [0.5, 0.6) is 17.2 Å². The molecule has 0 aliphatic carbocycles. The van der Waals surface area contributed by atoms with Crippen molar-refractivity contribution in [2.24, 2.45) is 0 Å². The maximum absolute atomic E-state index is 12.5. The first-order valence-electron chi connectivity index (χ1n) is 10.2. The number of ether oxygens (including phenoxy) is 4. The van der Waals surface area contributed by atoms with Gasteiger partial charge in [0.1, 0.15) is 0 Å². The predicted octanol–water partition coefficient (Wildman–Crippen LogP) is 3.66. The summed E-state index contributed by atoms with van der Waals surface area (Å²) in [7, 11) is 6.30. The molecular weight excluding hydrogens is 444 g/mol. The molecule has 33 heavy (non-hydrogen) atoms. The lowest BCUT2D eigenvalue weighted by Gasteiger charge is -2.15. The van der Waals surface area contributed by atoms with E-state index < -0.39 is 0 Å². The fraction of sp³-hybridized carbons (Fsp3) is 0.348. The molecule has 1 aromatic heterocycles. The van der Waals surface area contributed by atoms with Crippen LogP contribution in [0.4, 0.5) is 5.69 Å². The summed E-state index contributed by atoms with van der Waals surface area (Å²) >= 11 is 1.31. The van der Waals surface area contributed by atoms with Crippen LogP contribution in [0.2, 0.25) is 0 Å². The van der Waals surface area contributed by atoms with E-state index in [9.17, 15) is 4.79 Å². The molecule has 1 heterocycles. The Morgan fingerprint density at radius 1 is 1.03 bits per heavy atom. The number of rotatable bonds is 11. The number of methoxy groups -OCH3 is 4. The average molecular weight is 473 g/mol. The number of hydrogen-bond acceptors (Lipinski definition) is 8. The minimum Gasteiger partial charge on any atom is -0.493 e. The quantitative estimate of drug-likeness (QED) is 0.423. The van der Waals surface area contributed by atoms with Gasteiger partial charge in [-0.2, -0.15) is 0 Å². The van der Waals surface area contributed by atoms with Gasteiger partial charge in [0.25, 0.3) is 0 Å². The zero-order valence-electron chi connectivity index (χ0n) is 19.4. The summed E-state index contributed by atoms with van der Waals surface area (Å²) in [5.74, 6) is 2.19. The van der Waals surface area contributed by atoms with Crippen LogP contribution in [0.25, 0.3) is 11.4 Å². The van der Waals surface area contributed by atoms with E-state index in [2.05, 4.69) is 15.5 Å². The van der Waals surface area contributed by atoms with Gasteiger partial charge in [0, 0.05) is 18.4 Å². The molecule has 0 saturated heterocycles. The highest BCUT2D eigenvalue weighted by molar-refractivity contribution is 7.99. The lowest BCUT2D eigenvalue weighted by atomic mass is 10.1. The van der Waals surface area contributed by atoms with Crippen molar-refractivity contribution < 1.29 is 23.7 Å². The number of benzene rings is 2. The number of amides is 1. The number of nitrogens with zero attached hydrogens (tertiary/aromatic N) is 3. The Bertz CT molecular complexity index is 1080. The number of thioether (sulfide) groups is 1. The zero-order valence-corrected chi connectivity index (χ0v) is 20.2. The fourth-order valence-electron chi connectivity index (χ4n) is 3.25. The summed E-state index contributed by atoms with van der Waals surface area (Å²) in [6.45, 7) is 2.95. The van der Waals surface area contributed by atoms with Gasteiger partial charge in [-0.15, -0.1) is 10.2 Å². The number of carbonyl (C=O) groups excluding carboxylic acids is 1. The molecule has 0 unspecified atom stereocenters. The first kappa shape index (κ1) is 24.4. The molecule has 0 atom stereocenters. The topological polar surface area (TPSA) is 96.7 Å². The first-order chi connectivity index (χ1) is 16.0. The molecule has 0 fully saturated rings. The zero-order chi connectivity index (χ0) is 23.8. The van der Waals surface area contributed by atoms with Crippen LogP contribution >= 0.6 is 11.8 Å². The van der Waals surface area contributed by atoms with Crippen molar-refractivity contribution in [2.75, 3.05) is 46.1 Å². The van der Waals surface area contributed by atoms with Gasteiger partial charge < -0.3 is 24.3 Å². The van der Waals surface area contributed by atoms with Gasteiger partial charge in [0.15, 0.2) is 22.5 Å². The summed E-state index contributed by atoms with van der Waals surface area (Å²) in [6.07, 6.45) is 0. The van der Waals surface area contributed by atoms with E-state index >= 15 is 0 Å². The highest BCUT2D eigenvalue weighted by Crippen LogP contribution is 2.41. The van der Waals surface area contributed by atoms with E-state index in [0.29, 0.717) is 41.4 Å². The molecule has 176 valence electrons. The Hall–Kier alpha value is -3.24. The Balaban J connectivity index is 1.85. The van der Waals surface area contributed by atoms with Crippen LogP contribution in [0.1, 0.15) is 5.56 Å². The average Bonchev–Trinajstić information content (AvgIpc) is 3.23. The summed E-state index contributed by atoms with van der Waals surface area (Å²) in [5, 5.41) is 12.2. The van der Waals surface area contributed by atoms with Crippen LogP contribution in [-0.2, 0) is 16.1 Å². The van der Waals surface area contributed by atoms with Crippen LogP contribution in [0, 0.1) is 6.92 Å². The molecule has 10 heteroatoms. The molecule has 0 saturated carbocycles. The predicted molar refractivity (Wildman–Crippen MR) is 128 cm³/mol. The van der Waals surface area contributed by atoms with E-state index in [0.717, 1.165) is 16.8 Å². The minimum atomic E-state index is -0.124. The number of nitrogens with one attached hydrogen (secondary N) is 1. The monoisotopic (exact) mass is 472 g/mol. The Labute approximate surface area is 197 Å². The molecule has 0 spiro atoms. The van der Waals surface area contributed by atoms with Crippen molar-refractivity contribution in [1.82, 2.24) is 14.8 Å². The summed E-state index contributed by atoms with van der Waals surface area (Å²) in [5.41, 5.74) is 2.58. The van der Waals surface area contributed by atoms with Crippen LogP contribution in [0.15, 0.2) is 41.6 Å². The van der Waals surface area contributed by atoms with Gasteiger partial charge in [-0.05, 0) is 36.8 Å². The second-order valence-electron chi connectivity index (χ2n) is 7.07. The second-order valence-corrected chi connectivity index (χ2v) is 8.01. The highest BCUT2D eigenvalue weighted by Gasteiger charge is 2.20. The molecule has 9 nitrogen and oxygen atoms in total. The Kier molecular flexibility index (Phi) is 8.56. The van der Waals surface area contributed by atoms with Crippen molar-refractivity contribution in [3.05, 3.63) is 42.0 Å². The standard InChI is InChI=1S/C23H28N4O5S/c1-15-7-6-8-17(11-15)24-20(28)14-33-23-26-25-22(27(23)9-10-29-2)16-12-18(30-3)21(32-5)19(13-16)31-4/h6-8,11-13H,9-10,14H2,1-5H3,(H,24,28). The van der Waals surface area contributed by atoms with Crippen LogP contribution in [0.3, 0.4) is 0 Å². The lowest BCUT2D eigenvalue weighted by Crippen LogP contribution is -2.15. The molecule has 1 amide bonds. The van der Waals surface area contributed by atoms with E-state index in [1.165, 1.54) is 11.8 Å². The van der Waals surface area contributed by atoms with E-state index in [1.807, 2.05) is 47.9 Å². The third kappa shape index (κ3) is 5.96. The molecule has 0 bridgehead atoms. The highest BCUT2D eigenvalue weighted by atomic mass is 32.2. The second kappa shape index (κ2) is 11.6. The van der Waals surface area contributed by atoms with Gasteiger partial charge in [0.2, 0.25) is 11.7 Å². The summed E-state index contributed by atoms with van der Waals surface area (Å²) in [6, 6.07) is 11.3. The van der Waals surface area contributed by atoms with E-state index in [-0.39, 0.29) is 11.7 Å². The molecule has 0 radical (unpaired) electrons. The van der Waals surface area contributed by atoms with Gasteiger partial charge in [0.05, 0.1) is 40.2 Å². The van der Waals surface area contributed by atoms with Crippen LogP contribution < -0.4 is 19.5 Å².